The minimum absolute atomic E-state index is 0.131. The molecule has 176 valence electrons. The molecule has 11 heteroatoms. The summed E-state index contributed by atoms with van der Waals surface area (Å²) in [4.78, 5) is 46.6. The average molecular weight is 474 g/mol. The molecule has 4 aliphatic carbocycles. The molecule has 0 radical (unpaired) electrons. The molecule has 1 saturated heterocycles. The zero-order valence-corrected chi connectivity index (χ0v) is 18.1. The van der Waals surface area contributed by atoms with Crippen molar-refractivity contribution in [3.8, 4) is 11.5 Å². The molecule has 2 bridgehead atoms. The Morgan fingerprint density at radius 3 is 2.11 bits per heavy atom. The predicted molar refractivity (Wildman–Crippen MR) is 120 cm³/mol. The van der Waals surface area contributed by atoms with Crippen molar-refractivity contribution < 1.29 is 24.2 Å². The molecule has 0 N–H and O–H groups in total. The van der Waals surface area contributed by atoms with Gasteiger partial charge in [-0.05, 0) is 66.0 Å². The first kappa shape index (κ1) is 21.1. The van der Waals surface area contributed by atoms with Crippen molar-refractivity contribution in [2.24, 2.45) is 40.6 Å². The van der Waals surface area contributed by atoms with E-state index >= 15 is 0 Å². The fourth-order valence-electron chi connectivity index (χ4n) is 5.78. The Morgan fingerprint density at radius 2 is 1.54 bits per heavy atom. The van der Waals surface area contributed by atoms with Gasteiger partial charge in [0.05, 0.1) is 34.0 Å². The van der Waals surface area contributed by atoms with Crippen LogP contribution in [-0.4, -0.2) is 32.9 Å². The van der Waals surface area contributed by atoms with Gasteiger partial charge in [-0.3, -0.25) is 29.8 Å². The van der Waals surface area contributed by atoms with E-state index in [2.05, 4.69) is 17.3 Å². The maximum atomic E-state index is 13.0. The number of hydrazone groups is 1. The van der Waals surface area contributed by atoms with E-state index in [1.807, 2.05) is 0 Å². The van der Waals surface area contributed by atoms with Crippen LogP contribution in [0.3, 0.4) is 0 Å². The first-order valence-corrected chi connectivity index (χ1v) is 11.1. The van der Waals surface area contributed by atoms with Gasteiger partial charge in [-0.25, -0.2) is 0 Å². The molecule has 2 amide bonds. The lowest BCUT2D eigenvalue weighted by Gasteiger charge is -2.37. The summed E-state index contributed by atoms with van der Waals surface area (Å²) in [5.74, 6) is 0.311. The van der Waals surface area contributed by atoms with Crippen LogP contribution in [0.1, 0.15) is 12.0 Å². The minimum atomic E-state index is -0.754. The summed E-state index contributed by atoms with van der Waals surface area (Å²) in [5, 5.41) is 27.4. The minimum Gasteiger partial charge on any atom is -0.450 e. The van der Waals surface area contributed by atoms with Gasteiger partial charge in [-0.15, -0.1) is 0 Å². The van der Waals surface area contributed by atoms with Gasteiger partial charge in [0, 0.05) is 6.07 Å². The number of non-ortho nitro benzene ring substituents is 1. The van der Waals surface area contributed by atoms with Gasteiger partial charge in [0.15, 0.2) is 0 Å². The number of ether oxygens (including phenoxy) is 1. The van der Waals surface area contributed by atoms with E-state index in [1.165, 1.54) is 24.4 Å². The number of carbonyl (C=O) groups excluding carboxylic acids is 2. The quantitative estimate of drug-likeness (QED) is 0.204. The monoisotopic (exact) mass is 474 g/mol. The van der Waals surface area contributed by atoms with Crippen LogP contribution in [0.15, 0.2) is 59.7 Å². The highest BCUT2D eigenvalue weighted by Crippen LogP contribution is 2.65. The molecule has 3 fully saturated rings. The van der Waals surface area contributed by atoms with E-state index in [0.29, 0.717) is 17.4 Å². The molecule has 0 unspecified atom stereocenters. The molecule has 11 nitrogen and oxygen atoms in total. The van der Waals surface area contributed by atoms with Gasteiger partial charge in [0.2, 0.25) is 5.75 Å². The second-order valence-electron chi connectivity index (χ2n) is 9.22. The fourth-order valence-corrected chi connectivity index (χ4v) is 5.78. The molecule has 2 aromatic carbocycles. The number of benzene rings is 2. The lowest BCUT2D eigenvalue weighted by atomic mass is 9.63. The molecule has 2 saturated carbocycles. The zero-order valence-electron chi connectivity index (χ0n) is 18.1. The summed E-state index contributed by atoms with van der Waals surface area (Å²) in [6.07, 6.45) is 6.72. The highest BCUT2D eigenvalue weighted by molar-refractivity contribution is 6.06. The van der Waals surface area contributed by atoms with Gasteiger partial charge >= 0.3 is 5.69 Å². The second kappa shape index (κ2) is 7.55. The van der Waals surface area contributed by atoms with Gasteiger partial charge in [0.25, 0.3) is 17.5 Å². The predicted octanol–water partition coefficient (Wildman–Crippen LogP) is 3.68. The number of allylic oxidation sites excluding steroid dienone is 2. The third-order valence-corrected chi connectivity index (χ3v) is 7.42. The van der Waals surface area contributed by atoms with Gasteiger partial charge in [-0.1, -0.05) is 12.2 Å². The number of rotatable bonds is 6. The molecule has 5 aliphatic rings. The molecule has 2 aromatic rings. The van der Waals surface area contributed by atoms with Crippen molar-refractivity contribution in [3.63, 3.8) is 0 Å². The van der Waals surface area contributed by atoms with E-state index in [-0.39, 0.29) is 47.0 Å². The number of amides is 2. The molecule has 0 aromatic heterocycles. The van der Waals surface area contributed by atoms with Crippen molar-refractivity contribution in [1.29, 1.82) is 0 Å². The summed E-state index contributed by atoms with van der Waals surface area (Å²) < 4.78 is 5.55. The number of hydrogen-bond donors (Lipinski definition) is 0. The Labute approximate surface area is 198 Å². The summed E-state index contributed by atoms with van der Waals surface area (Å²) in [6, 6.07) is 9.44. The normalized spacial score (nSPS) is 29.9. The van der Waals surface area contributed by atoms with Crippen LogP contribution in [0.5, 0.6) is 11.5 Å². The van der Waals surface area contributed by atoms with Crippen molar-refractivity contribution >= 4 is 29.4 Å². The number of carbonyl (C=O) groups is 2. The van der Waals surface area contributed by atoms with E-state index in [9.17, 15) is 29.8 Å². The van der Waals surface area contributed by atoms with Crippen LogP contribution in [0.4, 0.5) is 11.4 Å². The van der Waals surface area contributed by atoms with Crippen LogP contribution in [0.25, 0.3) is 0 Å². The Hall–Kier alpha value is -4.41. The lowest BCUT2D eigenvalue weighted by molar-refractivity contribution is -0.394. The first-order chi connectivity index (χ1) is 16.8. The molecular formula is C24H18N4O7. The first-order valence-electron chi connectivity index (χ1n) is 11.1. The third-order valence-electron chi connectivity index (χ3n) is 7.42. The van der Waals surface area contributed by atoms with Gasteiger partial charge in [-0.2, -0.15) is 10.1 Å². The van der Waals surface area contributed by atoms with E-state index < -0.39 is 21.2 Å². The van der Waals surface area contributed by atoms with Crippen molar-refractivity contribution in [1.82, 2.24) is 5.01 Å². The molecule has 1 aliphatic heterocycles. The SMILES string of the molecule is O=C1[C@@H]2[C@H]3C=C[C@@H]([C@@H]4C[C@@H]34)[C@@H]2C(=O)N1/N=C\c1ccc(Oc2ccc([N+](=O)[O-])cc2[N+](=O)[O-])cc1. The highest BCUT2D eigenvalue weighted by Gasteiger charge is 2.67. The maximum absolute atomic E-state index is 13.0. The zero-order chi connectivity index (χ0) is 24.4. The largest absolute Gasteiger partial charge is 0.450 e. The number of imide groups is 1. The Bertz CT molecular complexity index is 1320. The molecular weight excluding hydrogens is 456 g/mol. The highest BCUT2D eigenvalue weighted by atomic mass is 16.6. The van der Waals surface area contributed by atoms with Gasteiger partial charge < -0.3 is 4.74 Å². The summed E-state index contributed by atoms with van der Waals surface area (Å²) in [6.45, 7) is 0. The number of nitro groups is 2. The van der Waals surface area contributed by atoms with E-state index in [1.54, 1.807) is 12.1 Å². The van der Waals surface area contributed by atoms with Crippen molar-refractivity contribution in [2.75, 3.05) is 0 Å². The Morgan fingerprint density at radius 1 is 0.914 bits per heavy atom. The Balaban J connectivity index is 1.17. The smallest absolute Gasteiger partial charge is 0.318 e. The third kappa shape index (κ3) is 3.30. The average Bonchev–Trinajstić information content (AvgIpc) is 3.63. The summed E-state index contributed by atoms with van der Waals surface area (Å²) in [5.41, 5.74) is -0.351. The van der Waals surface area contributed by atoms with Crippen LogP contribution >= 0.6 is 0 Å². The van der Waals surface area contributed by atoms with Crippen LogP contribution in [-0.2, 0) is 9.59 Å². The van der Waals surface area contributed by atoms with Gasteiger partial charge in [0.1, 0.15) is 5.75 Å². The van der Waals surface area contributed by atoms with E-state index in [4.69, 9.17) is 4.74 Å². The summed E-state index contributed by atoms with van der Waals surface area (Å²) in [7, 11) is 0. The Kier molecular flexibility index (Phi) is 4.56. The molecule has 7 rings (SSSR count). The van der Waals surface area contributed by atoms with Crippen LogP contribution < -0.4 is 4.74 Å². The maximum Gasteiger partial charge on any atom is 0.318 e. The molecule has 1 heterocycles. The standard InChI is InChI=1S/C24H18N4O7/c29-23-21-15-6-7-16(18-10-17(15)18)22(21)24(30)26(23)25-11-12-1-4-14(5-2-12)35-20-8-3-13(27(31)32)9-19(20)28(33)34/h1-9,11,15-18,21-22H,10H2/b25-11-/t15-,16-,17-,18-,21-,22+/m0/s1. The molecule has 6 atom stereocenters. The molecule has 0 spiro atoms. The topological polar surface area (TPSA) is 145 Å². The van der Waals surface area contributed by atoms with Crippen molar-refractivity contribution in [3.05, 3.63) is 80.4 Å². The van der Waals surface area contributed by atoms with Crippen LogP contribution in [0.2, 0.25) is 0 Å². The molecule has 35 heavy (non-hydrogen) atoms. The van der Waals surface area contributed by atoms with Crippen molar-refractivity contribution in [2.45, 2.75) is 6.42 Å². The number of hydrogen-bond acceptors (Lipinski definition) is 8. The second-order valence-corrected chi connectivity index (χ2v) is 9.22. The number of nitro benzene ring substituents is 2. The van der Waals surface area contributed by atoms with Crippen LogP contribution in [0, 0.1) is 55.7 Å². The van der Waals surface area contributed by atoms with E-state index in [0.717, 1.165) is 23.6 Å². The summed E-state index contributed by atoms with van der Waals surface area (Å²) >= 11 is 0. The number of nitrogens with zero attached hydrogens (tertiary/aromatic N) is 4. The fraction of sp³-hybridized carbons (Fsp3) is 0.292. The lowest BCUT2D eigenvalue weighted by Crippen LogP contribution is -2.40.